The van der Waals surface area contributed by atoms with Crippen LogP contribution in [0, 0.1) is 24.2 Å². The molecule has 3 aromatic heterocycles. The number of ether oxygens (including phenoxy) is 1. The van der Waals surface area contributed by atoms with Gasteiger partial charge in [0.25, 0.3) is 5.91 Å². The highest BCUT2D eigenvalue weighted by Gasteiger charge is 2.32. The van der Waals surface area contributed by atoms with Gasteiger partial charge in [0.15, 0.2) is 5.75 Å². The van der Waals surface area contributed by atoms with E-state index >= 15 is 0 Å². The van der Waals surface area contributed by atoms with E-state index in [1.165, 1.54) is 0 Å². The van der Waals surface area contributed by atoms with Gasteiger partial charge in [0.05, 0.1) is 23.7 Å². The van der Waals surface area contributed by atoms with Gasteiger partial charge in [-0.3, -0.25) is 4.79 Å². The Labute approximate surface area is 160 Å². The van der Waals surface area contributed by atoms with E-state index in [0.29, 0.717) is 30.2 Å². The van der Waals surface area contributed by atoms with E-state index in [1.807, 2.05) is 37.4 Å². The van der Waals surface area contributed by atoms with Crippen LogP contribution in [0.2, 0.25) is 0 Å². The number of hydrogen-bond acceptors (Lipinski definition) is 4. The van der Waals surface area contributed by atoms with E-state index < -0.39 is 0 Å². The number of fused-ring (bicyclic) bond motifs is 2. The standard InChI is InChI=1S/C21H17N5O2/c1-13-17(21(27)25-10-14(9-22)11-25)12-26-20(13)19(5-7-24-26)28-16-3-2-15-4-6-23-18(15)8-16/h2-8,12,14,23H,10-11H2,1H3. The summed E-state index contributed by atoms with van der Waals surface area (Å²) >= 11 is 0. The number of H-pyrrole nitrogens is 1. The number of rotatable bonds is 3. The Morgan fingerprint density at radius 1 is 1.32 bits per heavy atom. The van der Waals surface area contributed by atoms with Crippen LogP contribution in [0.3, 0.4) is 0 Å². The summed E-state index contributed by atoms with van der Waals surface area (Å²) in [4.78, 5) is 17.7. The molecule has 1 fully saturated rings. The first-order valence-corrected chi connectivity index (χ1v) is 9.05. The minimum absolute atomic E-state index is 0.0683. The summed E-state index contributed by atoms with van der Waals surface area (Å²) in [5.41, 5.74) is 3.15. The molecule has 0 unspecified atom stereocenters. The number of aromatic amines is 1. The molecule has 1 aromatic carbocycles. The van der Waals surface area contributed by atoms with Crippen LogP contribution in [0.4, 0.5) is 0 Å². The Balaban J connectivity index is 1.50. The molecule has 0 aliphatic carbocycles. The number of nitriles is 1. The third-order valence-electron chi connectivity index (χ3n) is 5.23. The molecule has 1 saturated heterocycles. The second kappa shape index (κ2) is 6.13. The van der Waals surface area contributed by atoms with Crippen molar-refractivity contribution < 1.29 is 9.53 Å². The van der Waals surface area contributed by atoms with Crippen molar-refractivity contribution in [2.24, 2.45) is 5.92 Å². The predicted molar refractivity (Wildman–Crippen MR) is 103 cm³/mol. The molecule has 1 aliphatic heterocycles. The Morgan fingerprint density at radius 2 is 2.18 bits per heavy atom. The highest BCUT2D eigenvalue weighted by atomic mass is 16.5. The van der Waals surface area contributed by atoms with E-state index in [4.69, 9.17) is 10.00 Å². The summed E-state index contributed by atoms with van der Waals surface area (Å²) in [6, 6.07) is 11.8. The summed E-state index contributed by atoms with van der Waals surface area (Å²) in [5, 5.41) is 14.4. The van der Waals surface area contributed by atoms with Gasteiger partial charge in [0.1, 0.15) is 11.3 Å². The maximum Gasteiger partial charge on any atom is 0.255 e. The zero-order valence-corrected chi connectivity index (χ0v) is 15.2. The van der Waals surface area contributed by atoms with E-state index in [1.54, 1.807) is 27.9 Å². The van der Waals surface area contributed by atoms with Gasteiger partial charge in [-0.05, 0) is 36.1 Å². The van der Waals surface area contributed by atoms with Crippen molar-refractivity contribution in [3.63, 3.8) is 0 Å². The molecule has 1 N–H and O–H groups in total. The number of aromatic nitrogens is 3. The van der Waals surface area contributed by atoms with Gasteiger partial charge < -0.3 is 14.6 Å². The molecule has 7 heteroatoms. The number of carbonyl (C=O) groups excluding carboxylic acids is 1. The molecule has 0 radical (unpaired) electrons. The molecule has 138 valence electrons. The van der Waals surface area contributed by atoms with Crippen LogP contribution in [0.5, 0.6) is 11.5 Å². The van der Waals surface area contributed by atoms with Crippen LogP contribution in [0.1, 0.15) is 15.9 Å². The van der Waals surface area contributed by atoms with Crippen molar-refractivity contribution in [1.82, 2.24) is 19.5 Å². The zero-order valence-electron chi connectivity index (χ0n) is 15.2. The Morgan fingerprint density at radius 3 is 3.00 bits per heavy atom. The first-order chi connectivity index (χ1) is 13.6. The number of carbonyl (C=O) groups is 1. The normalized spacial score (nSPS) is 14.2. The van der Waals surface area contributed by atoms with E-state index in [0.717, 1.165) is 22.0 Å². The van der Waals surface area contributed by atoms with Gasteiger partial charge in [-0.15, -0.1) is 0 Å². The molecule has 4 heterocycles. The van der Waals surface area contributed by atoms with Gasteiger partial charge >= 0.3 is 0 Å². The summed E-state index contributed by atoms with van der Waals surface area (Å²) in [6.45, 7) is 2.86. The topological polar surface area (TPSA) is 86.4 Å². The lowest BCUT2D eigenvalue weighted by atomic mass is 10.0. The SMILES string of the molecule is Cc1c(C(=O)N2CC(C#N)C2)cn2nccc(Oc3ccc4cc[nH]c4c3)c12. The Bertz CT molecular complexity index is 1260. The van der Waals surface area contributed by atoms with Crippen molar-refractivity contribution in [3.05, 3.63) is 60.0 Å². The molecule has 1 amide bonds. The summed E-state index contributed by atoms with van der Waals surface area (Å²) in [6.07, 6.45) is 5.27. The third kappa shape index (κ3) is 2.50. The lowest BCUT2D eigenvalue weighted by Crippen LogP contribution is -2.49. The van der Waals surface area contributed by atoms with Gasteiger partial charge in [0.2, 0.25) is 0 Å². The molecule has 28 heavy (non-hydrogen) atoms. The highest BCUT2D eigenvalue weighted by Crippen LogP contribution is 2.32. The van der Waals surface area contributed by atoms with E-state index in [-0.39, 0.29) is 11.8 Å². The number of likely N-dealkylation sites (tertiary alicyclic amines) is 1. The van der Waals surface area contributed by atoms with Crippen LogP contribution < -0.4 is 4.74 Å². The second-order valence-corrected chi connectivity index (χ2v) is 7.02. The fourth-order valence-corrected chi connectivity index (χ4v) is 3.64. The molecular weight excluding hydrogens is 354 g/mol. The van der Waals surface area contributed by atoms with Crippen LogP contribution in [0.25, 0.3) is 16.4 Å². The molecule has 4 aromatic rings. The molecule has 5 rings (SSSR count). The van der Waals surface area contributed by atoms with Crippen molar-refractivity contribution in [2.45, 2.75) is 6.92 Å². The summed E-state index contributed by atoms with van der Waals surface area (Å²) in [5.74, 6) is 1.20. The third-order valence-corrected chi connectivity index (χ3v) is 5.23. The largest absolute Gasteiger partial charge is 0.455 e. The zero-order chi connectivity index (χ0) is 19.3. The van der Waals surface area contributed by atoms with Crippen molar-refractivity contribution >= 4 is 22.3 Å². The van der Waals surface area contributed by atoms with E-state index in [2.05, 4.69) is 16.2 Å². The average molecular weight is 371 g/mol. The Kier molecular flexibility index (Phi) is 3.59. The molecule has 7 nitrogen and oxygen atoms in total. The van der Waals surface area contributed by atoms with E-state index in [9.17, 15) is 4.79 Å². The van der Waals surface area contributed by atoms with Gasteiger partial charge in [-0.1, -0.05) is 0 Å². The molecular formula is C21H17N5O2. The molecule has 1 aliphatic rings. The second-order valence-electron chi connectivity index (χ2n) is 7.02. The fourth-order valence-electron chi connectivity index (χ4n) is 3.64. The first kappa shape index (κ1) is 16.4. The molecule has 0 spiro atoms. The predicted octanol–water partition coefficient (Wildman–Crippen LogP) is 3.51. The minimum atomic E-state index is -0.0757. The molecule has 0 saturated carbocycles. The number of nitrogens with one attached hydrogen (secondary N) is 1. The van der Waals surface area contributed by atoms with Crippen LogP contribution in [0.15, 0.2) is 48.9 Å². The average Bonchev–Trinajstić information content (AvgIpc) is 3.25. The quantitative estimate of drug-likeness (QED) is 0.597. The maximum atomic E-state index is 12.8. The smallest absolute Gasteiger partial charge is 0.255 e. The molecule has 0 atom stereocenters. The number of benzene rings is 1. The van der Waals surface area contributed by atoms with Crippen LogP contribution in [-0.4, -0.2) is 38.5 Å². The van der Waals surface area contributed by atoms with Crippen molar-refractivity contribution in [1.29, 1.82) is 5.26 Å². The summed E-state index contributed by atoms with van der Waals surface area (Å²) in [7, 11) is 0. The van der Waals surface area contributed by atoms with Crippen molar-refractivity contribution in [3.8, 4) is 17.6 Å². The first-order valence-electron chi connectivity index (χ1n) is 9.05. The lowest BCUT2D eigenvalue weighted by molar-refractivity contribution is 0.0576. The minimum Gasteiger partial charge on any atom is -0.455 e. The van der Waals surface area contributed by atoms with Gasteiger partial charge in [0, 0.05) is 43.1 Å². The number of aryl methyl sites for hydroxylation is 1. The number of nitrogens with zero attached hydrogens (tertiary/aromatic N) is 4. The van der Waals surface area contributed by atoms with Crippen molar-refractivity contribution in [2.75, 3.05) is 13.1 Å². The van der Waals surface area contributed by atoms with Crippen LogP contribution in [-0.2, 0) is 0 Å². The lowest BCUT2D eigenvalue weighted by Gasteiger charge is -2.35. The Hall–Kier alpha value is -3.79. The number of hydrogen-bond donors (Lipinski definition) is 1. The highest BCUT2D eigenvalue weighted by molar-refractivity contribution is 5.99. The fraction of sp³-hybridized carbons (Fsp3) is 0.190. The maximum absolute atomic E-state index is 12.8. The van der Waals surface area contributed by atoms with Gasteiger partial charge in [-0.25, -0.2) is 4.52 Å². The van der Waals surface area contributed by atoms with Crippen LogP contribution >= 0.6 is 0 Å². The molecule has 0 bridgehead atoms. The van der Waals surface area contributed by atoms with Gasteiger partial charge in [-0.2, -0.15) is 10.4 Å². The summed E-state index contributed by atoms with van der Waals surface area (Å²) < 4.78 is 7.80. The monoisotopic (exact) mass is 371 g/mol. The number of amides is 1.